The molecule has 0 unspecified atom stereocenters. The van der Waals surface area contributed by atoms with Crippen LogP contribution in [-0.4, -0.2) is 38.6 Å². The largest absolute Gasteiger partial charge is 0.325 e. The van der Waals surface area contributed by atoms with Gasteiger partial charge in [-0.05, 0) is 48.9 Å². The van der Waals surface area contributed by atoms with Gasteiger partial charge >= 0.3 is 0 Å². The van der Waals surface area contributed by atoms with Crippen LogP contribution in [0.2, 0.25) is 0 Å². The van der Waals surface area contributed by atoms with Gasteiger partial charge < -0.3 is 9.72 Å². The molecule has 7 nitrogen and oxygen atoms in total. The van der Waals surface area contributed by atoms with Crippen molar-refractivity contribution in [2.75, 3.05) is 11.9 Å². The lowest BCUT2D eigenvalue weighted by Crippen LogP contribution is -2.37. The van der Waals surface area contributed by atoms with E-state index >= 15 is 0 Å². The maximum absolute atomic E-state index is 12.4. The molecule has 0 saturated heterocycles. The predicted octanol–water partition coefficient (Wildman–Crippen LogP) is 3.54. The van der Waals surface area contributed by atoms with E-state index in [-0.39, 0.29) is 6.54 Å². The highest BCUT2D eigenvalue weighted by atomic mass is 16.2. The molecule has 0 atom stereocenters. The van der Waals surface area contributed by atoms with Crippen molar-refractivity contribution < 1.29 is 14.4 Å². The topological polar surface area (TPSA) is 83.8 Å². The fraction of sp³-hybridized carbons (Fsp3) is 0.0833. The van der Waals surface area contributed by atoms with Crippen LogP contribution in [0.3, 0.4) is 0 Å². The summed E-state index contributed by atoms with van der Waals surface area (Å²) in [4.78, 5) is 42.9. The molecule has 0 bridgehead atoms. The molecule has 31 heavy (non-hydrogen) atoms. The SMILES string of the molecule is Cc1ccn2cc(-c3ccc(NC(=O)CN4C(=O)c5ccccc5C4=O)cc3)nc2c1. The molecule has 0 spiro atoms. The zero-order valence-corrected chi connectivity index (χ0v) is 16.7. The molecule has 0 aliphatic carbocycles. The zero-order chi connectivity index (χ0) is 21.5. The number of carbonyl (C=O) groups is 3. The third kappa shape index (κ3) is 3.36. The molecule has 1 aliphatic rings. The number of carbonyl (C=O) groups excluding carboxylic acids is 3. The molecule has 2 aromatic heterocycles. The summed E-state index contributed by atoms with van der Waals surface area (Å²) in [5, 5.41) is 2.74. The molecule has 7 heteroatoms. The van der Waals surface area contributed by atoms with Gasteiger partial charge in [-0.15, -0.1) is 0 Å². The van der Waals surface area contributed by atoms with Gasteiger partial charge in [-0.1, -0.05) is 24.3 Å². The quantitative estimate of drug-likeness (QED) is 0.522. The van der Waals surface area contributed by atoms with Crippen LogP contribution in [0.4, 0.5) is 5.69 Å². The minimum Gasteiger partial charge on any atom is -0.325 e. The molecule has 1 N–H and O–H groups in total. The van der Waals surface area contributed by atoms with Crippen molar-refractivity contribution in [2.45, 2.75) is 6.92 Å². The number of fused-ring (bicyclic) bond motifs is 2. The van der Waals surface area contributed by atoms with Crippen molar-refractivity contribution in [2.24, 2.45) is 0 Å². The number of nitrogens with zero attached hydrogens (tertiary/aromatic N) is 3. The van der Waals surface area contributed by atoms with E-state index in [1.165, 1.54) is 0 Å². The molecule has 3 heterocycles. The number of hydrogen-bond acceptors (Lipinski definition) is 4. The average molecular weight is 410 g/mol. The minimum absolute atomic E-state index is 0.326. The maximum Gasteiger partial charge on any atom is 0.262 e. The summed E-state index contributed by atoms with van der Waals surface area (Å²) >= 11 is 0. The van der Waals surface area contributed by atoms with E-state index in [4.69, 9.17) is 0 Å². The van der Waals surface area contributed by atoms with Crippen molar-refractivity contribution in [3.05, 3.63) is 89.7 Å². The van der Waals surface area contributed by atoms with Crippen LogP contribution < -0.4 is 5.32 Å². The van der Waals surface area contributed by atoms with Crippen LogP contribution >= 0.6 is 0 Å². The predicted molar refractivity (Wildman–Crippen MR) is 116 cm³/mol. The number of benzene rings is 2. The Morgan fingerprint density at radius 2 is 1.65 bits per heavy atom. The maximum atomic E-state index is 12.4. The molecule has 152 valence electrons. The summed E-state index contributed by atoms with van der Waals surface area (Å²) in [6.07, 6.45) is 3.92. The average Bonchev–Trinajstić information content (AvgIpc) is 3.29. The fourth-order valence-corrected chi connectivity index (χ4v) is 3.67. The normalized spacial score (nSPS) is 13.0. The second kappa shape index (κ2) is 7.21. The van der Waals surface area contributed by atoms with Crippen LogP contribution in [0.5, 0.6) is 0 Å². The van der Waals surface area contributed by atoms with Crippen molar-refractivity contribution in [1.29, 1.82) is 0 Å². The van der Waals surface area contributed by atoms with Gasteiger partial charge in [-0.2, -0.15) is 0 Å². The van der Waals surface area contributed by atoms with Gasteiger partial charge in [0, 0.05) is 23.6 Å². The highest BCUT2D eigenvalue weighted by molar-refractivity contribution is 6.22. The first-order valence-electron chi connectivity index (χ1n) is 9.80. The summed E-state index contributed by atoms with van der Waals surface area (Å²) in [7, 11) is 0. The summed E-state index contributed by atoms with van der Waals surface area (Å²) in [5.41, 5.74) is 4.98. The first kappa shape index (κ1) is 18.7. The van der Waals surface area contributed by atoms with Gasteiger partial charge in [0.05, 0.1) is 16.8 Å². The number of nitrogens with one attached hydrogen (secondary N) is 1. The Balaban J connectivity index is 1.28. The number of imide groups is 1. The lowest BCUT2D eigenvalue weighted by atomic mass is 10.1. The van der Waals surface area contributed by atoms with E-state index in [0.717, 1.165) is 27.4 Å². The molecule has 0 saturated carbocycles. The summed E-state index contributed by atoms with van der Waals surface area (Å²) in [5.74, 6) is -1.34. The number of aryl methyl sites for hydroxylation is 1. The molecule has 1 aliphatic heterocycles. The zero-order valence-electron chi connectivity index (χ0n) is 16.7. The Bertz CT molecular complexity index is 1320. The van der Waals surface area contributed by atoms with E-state index in [9.17, 15) is 14.4 Å². The first-order chi connectivity index (χ1) is 15.0. The van der Waals surface area contributed by atoms with E-state index < -0.39 is 17.7 Å². The van der Waals surface area contributed by atoms with Crippen LogP contribution in [0.15, 0.2) is 73.1 Å². The third-order valence-corrected chi connectivity index (χ3v) is 5.26. The number of aromatic nitrogens is 2. The summed E-state index contributed by atoms with van der Waals surface area (Å²) in [6, 6.07) is 17.9. The Kier molecular flexibility index (Phi) is 4.36. The van der Waals surface area contributed by atoms with Gasteiger partial charge in [0.2, 0.25) is 5.91 Å². The lowest BCUT2D eigenvalue weighted by molar-refractivity contribution is -0.116. The first-order valence-corrected chi connectivity index (χ1v) is 9.80. The molecule has 3 amide bonds. The molecular formula is C24H18N4O3. The van der Waals surface area contributed by atoms with Gasteiger partial charge in [0.1, 0.15) is 12.2 Å². The molecular weight excluding hydrogens is 392 g/mol. The molecule has 4 aromatic rings. The van der Waals surface area contributed by atoms with Gasteiger partial charge in [0.25, 0.3) is 11.8 Å². The highest BCUT2D eigenvalue weighted by Crippen LogP contribution is 2.23. The monoisotopic (exact) mass is 410 g/mol. The van der Waals surface area contributed by atoms with E-state index in [1.54, 1.807) is 36.4 Å². The van der Waals surface area contributed by atoms with Crippen LogP contribution in [0, 0.1) is 6.92 Å². The van der Waals surface area contributed by atoms with Crippen molar-refractivity contribution >= 4 is 29.1 Å². The number of amides is 3. The molecule has 0 fully saturated rings. The standard InChI is InChI=1S/C24H18N4O3/c1-15-10-11-27-13-20(26-21(27)12-15)16-6-8-17(9-7-16)25-22(29)14-28-23(30)18-4-2-3-5-19(18)24(28)31/h2-13H,14H2,1H3,(H,25,29). The van der Waals surface area contributed by atoms with Gasteiger partial charge in [0.15, 0.2) is 0 Å². The number of hydrogen-bond donors (Lipinski definition) is 1. The summed E-state index contributed by atoms with van der Waals surface area (Å²) in [6.45, 7) is 1.69. The number of rotatable bonds is 4. The van der Waals surface area contributed by atoms with Crippen molar-refractivity contribution in [3.63, 3.8) is 0 Å². The Morgan fingerprint density at radius 1 is 0.968 bits per heavy atom. The van der Waals surface area contributed by atoms with Crippen LogP contribution in [0.25, 0.3) is 16.9 Å². The minimum atomic E-state index is -0.451. The van der Waals surface area contributed by atoms with Crippen molar-refractivity contribution in [1.82, 2.24) is 14.3 Å². The lowest BCUT2D eigenvalue weighted by Gasteiger charge is -2.13. The highest BCUT2D eigenvalue weighted by Gasteiger charge is 2.36. The Hall–Kier alpha value is -4.26. The number of anilines is 1. The molecule has 0 radical (unpaired) electrons. The smallest absolute Gasteiger partial charge is 0.262 e. The number of pyridine rings is 1. The fourth-order valence-electron chi connectivity index (χ4n) is 3.67. The van der Waals surface area contributed by atoms with Gasteiger partial charge in [-0.25, -0.2) is 4.98 Å². The van der Waals surface area contributed by atoms with Gasteiger partial charge in [-0.3, -0.25) is 19.3 Å². The third-order valence-electron chi connectivity index (χ3n) is 5.26. The molecule has 2 aromatic carbocycles. The second-order valence-electron chi connectivity index (χ2n) is 7.46. The Morgan fingerprint density at radius 3 is 2.32 bits per heavy atom. The number of imidazole rings is 1. The summed E-state index contributed by atoms with van der Waals surface area (Å²) < 4.78 is 1.96. The van der Waals surface area contributed by atoms with E-state index in [1.807, 2.05) is 48.0 Å². The van der Waals surface area contributed by atoms with Crippen molar-refractivity contribution in [3.8, 4) is 11.3 Å². The van der Waals surface area contributed by atoms with E-state index in [2.05, 4.69) is 10.3 Å². The molecule has 5 rings (SSSR count). The van der Waals surface area contributed by atoms with E-state index in [0.29, 0.717) is 16.8 Å². The second-order valence-corrected chi connectivity index (χ2v) is 7.46. The van der Waals surface area contributed by atoms with Crippen LogP contribution in [0.1, 0.15) is 26.3 Å². The van der Waals surface area contributed by atoms with Crippen LogP contribution in [-0.2, 0) is 4.79 Å². The Labute approximate surface area is 177 Å².